The van der Waals surface area contributed by atoms with Crippen LogP contribution in [-0.4, -0.2) is 0 Å². The van der Waals surface area contributed by atoms with Crippen LogP contribution in [0.1, 0.15) is 54.5 Å². The fourth-order valence-corrected chi connectivity index (χ4v) is 11.1. The molecule has 10 aromatic rings. The van der Waals surface area contributed by atoms with Gasteiger partial charge in [0.2, 0.25) is 0 Å². The first-order chi connectivity index (χ1) is 32.3. The summed E-state index contributed by atoms with van der Waals surface area (Å²) in [4.78, 5) is 2.40. The molecule has 10 aromatic carbocycles. The largest absolute Gasteiger partial charge is 0.310 e. The maximum absolute atomic E-state index is 2.50. The molecule has 316 valence electrons. The molecule has 0 aliphatic heterocycles. The standard InChI is InChI=1S/C65H51N/c1-42-23-32-49(33-24-42)66(50-34-25-43(2)26-35-50)51-36-38-56-59(40-51)52-19-11-12-21-55(52)63-58(45-15-7-5-8-16-45)41-57(62(64(56)63)47-17-9-6-10-18-47)46-29-27-44(28-30-46)48-31-37-54-53-20-13-14-22-60(53)65(3,4)61(54)39-48/h5-9,11-17,19-41H,10,18H2,1-4H3. The van der Waals surface area contributed by atoms with Gasteiger partial charge in [-0.1, -0.05) is 189 Å². The van der Waals surface area contributed by atoms with Crippen LogP contribution in [0.5, 0.6) is 0 Å². The van der Waals surface area contributed by atoms with E-state index >= 15 is 0 Å². The van der Waals surface area contributed by atoms with Gasteiger partial charge < -0.3 is 4.90 Å². The molecule has 0 saturated heterocycles. The Morgan fingerprint density at radius 1 is 0.409 bits per heavy atom. The average molecular weight is 846 g/mol. The summed E-state index contributed by atoms with van der Waals surface area (Å²) in [7, 11) is 0. The zero-order valence-corrected chi connectivity index (χ0v) is 38.1. The van der Waals surface area contributed by atoms with Crippen molar-refractivity contribution in [3.63, 3.8) is 0 Å². The van der Waals surface area contributed by atoms with Crippen LogP contribution in [0.15, 0.2) is 212 Å². The summed E-state index contributed by atoms with van der Waals surface area (Å²) >= 11 is 0. The van der Waals surface area contributed by atoms with Gasteiger partial charge in [-0.05, 0) is 174 Å². The Morgan fingerprint density at radius 2 is 1.00 bits per heavy atom. The van der Waals surface area contributed by atoms with Crippen molar-refractivity contribution in [2.45, 2.75) is 46.0 Å². The molecule has 12 rings (SSSR count). The van der Waals surface area contributed by atoms with Crippen LogP contribution in [0.4, 0.5) is 17.1 Å². The summed E-state index contributed by atoms with van der Waals surface area (Å²) in [5.41, 5.74) is 21.5. The van der Waals surface area contributed by atoms with Crippen molar-refractivity contribution in [3.05, 3.63) is 240 Å². The van der Waals surface area contributed by atoms with E-state index in [9.17, 15) is 0 Å². The third-order valence-corrected chi connectivity index (χ3v) is 14.5. The summed E-state index contributed by atoms with van der Waals surface area (Å²) in [6, 6.07) is 73.0. The van der Waals surface area contributed by atoms with E-state index in [-0.39, 0.29) is 5.41 Å². The molecule has 1 nitrogen and oxygen atoms in total. The van der Waals surface area contributed by atoms with E-state index < -0.39 is 0 Å². The van der Waals surface area contributed by atoms with Crippen molar-refractivity contribution in [2.24, 2.45) is 0 Å². The first-order valence-corrected chi connectivity index (χ1v) is 23.5. The summed E-state index contributed by atoms with van der Waals surface area (Å²) in [5, 5.41) is 7.66. The van der Waals surface area contributed by atoms with E-state index in [1.807, 2.05) is 0 Å². The van der Waals surface area contributed by atoms with Crippen LogP contribution >= 0.6 is 0 Å². The predicted molar refractivity (Wildman–Crippen MR) is 283 cm³/mol. The van der Waals surface area contributed by atoms with Gasteiger partial charge >= 0.3 is 0 Å². The smallest absolute Gasteiger partial charge is 0.0468 e. The zero-order chi connectivity index (χ0) is 44.5. The first-order valence-electron chi connectivity index (χ1n) is 23.5. The normalized spacial score (nSPS) is 13.8. The van der Waals surface area contributed by atoms with Gasteiger partial charge in [-0.3, -0.25) is 0 Å². The van der Waals surface area contributed by atoms with Gasteiger partial charge in [0.15, 0.2) is 0 Å². The van der Waals surface area contributed by atoms with E-state index in [1.165, 1.54) is 110 Å². The zero-order valence-electron chi connectivity index (χ0n) is 38.1. The monoisotopic (exact) mass is 845 g/mol. The Kier molecular flexibility index (Phi) is 9.50. The topological polar surface area (TPSA) is 3.24 Å². The molecule has 0 atom stereocenters. The lowest BCUT2D eigenvalue weighted by Crippen LogP contribution is -2.14. The molecule has 0 amide bonds. The summed E-state index contributed by atoms with van der Waals surface area (Å²) in [6.07, 6.45) is 8.94. The molecule has 0 heterocycles. The van der Waals surface area contributed by atoms with Gasteiger partial charge in [-0.2, -0.15) is 0 Å². The number of benzene rings is 10. The molecular weight excluding hydrogens is 795 g/mol. The van der Waals surface area contributed by atoms with Gasteiger partial charge in [0.25, 0.3) is 0 Å². The van der Waals surface area contributed by atoms with Crippen LogP contribution in [-0.2, 0) is 5.41 Å². The van der Waals surface area contributed by atoms with Gasteiger partial charge in [0, 0.05) is 22.5 Å². The van der Waals surface area contributed by atoms with Crippen LogP contribution in [0.2, 0.25) is 0 Å². The number of fused-ring (bicyclic) bond motifs is 9. The lowest BCUT2D eigenvalue weighted by atomic mass is 9.79. The Morgan fingerprint density at radius 3 is 1.71 bits per heavy atom. The lowest BCUT2D eigenvalue weighted by Gasteiger charge is -2.27. The van der Waals surface area contributed by atoms with Gasteiger partial charge in [0.05, 0.1) is 0 Å². The van der Waals surface area contributed by atoms with Crippen LogP contribution in [0, 0.1) is 13.8 Å². The van der Waals surface area contributed by atoms with Crippen molar-refractivity contribution in [3.8, 4) is 44.5 Å². The molecular formula is C65H51N. The second kappa shape index (κ2) is 15.8. The number of nitrogens with zero attached hydrogens (tertiary/aromatic N) is 1. The Bertz CT molecular complexity index is 3540. The molecule has 0 N–H and O–H groups in total. The van der Waals surface area contributed by atoms with Gasteiger partial charge in [0.1, 0.15) is 0 Å². The summed E-state index contributed by atoms with van der Waals surface area (Å²) in [6.45, 7) is 9.04. The van der Waals surface area contributed by atoms with Gasteiger partial charge in [-0.25, -0.2) is 0 Å². The highest BCUT2D eigenvalue weighted by Gasteiger charge is 2.35. The van der Waals surface area contributed by atoms with E-state index in [0.29, 0.717) is 0 Å². The Labute approximate surface area is 388 Å². The second-order valence-electron chi connectivity index (χ2n) is 18.9. The molecule has 0 bridgehead atoms. The van der Waals surface area contributed by atoms with E-state index in [4.69, 9.17) is 0 Å². The molecule has 1 heteroatoms. The third-order valence-electron chi connectivity index (χ3n) is 14.5. The van der Waals surface area contributed by atoms with Crippen LogP contribution in [0.25, 0.3) is 82.4 Å². The maximum atomic E-state index is 2.50. The van der Waals surface area contributed by atoms with E-state index in [0.717, 1.165) is 29.9 Å². The maximum Gasteiger partial charge on any atom is 0.0468 e. The molecule has 2 aliphatic rings. The fourth-order valence-electron chi connectivity index (χ4n) is 11.1. The molecule has 0 spiro atoms. The minimum absolute atomic E-state index is 0.0504. The molecule has 0 saturated carbocycles. The van der Waals surface area contributed by atoms with Crippen molar-refractivity contribution < 1.29 is 0 Å². The first kappa shape index (κ1) is 39.8. The molecule has 2 aliphatic carbocycles. The van der Waals surface area contributed by atoms with Crippen LogP contribution in [0.3, 0.4) is 0 Å². The Balaban J connectivity index is 1.11. The molecule has 66 heavy (non-hydrogen) atoms. The number of aryl methyl sites for hydroxylation is 2. The van der Waals surface area contributed by atoms with E-state index in [1.54, 1.807) is 0 Å². The number of rotatable bonds is 7. The quantitative estimate of drug-likeness (QED) is 0.144. The number of hydrogen-bond acceptors (Lipinski definition) is 1. The Hall–Kier alpha value is -7.74. The van der Waals surface area contributed by atoms with Gasteiger partial charge in [-0.15, -0.1) is 0 Å². The molecule has 0 fully saturated rings. The van der Waals surface area contributed by atoms with Crippen molar-refractivity contribution in [1.29, 1.82) is 0 Å². The van der Waals surface area contributed by atoms with Crippen LogP contribution < -0.4 is 4.90 Å². The molecule has 0 unspecified atom stereocenters. The number of anilines is 3. The average Bonchev–Trinajstić information content (AvgIpc) is 3.60. The van der Waals surface area contributed by atoms with E-state index in [2.05, 4.69) is 245 Å². The van der Waals surface area contributed by atoms with Crippen molar-refractivity contribution in [1.82, 2.24) is 0 Å². The third kappa shape index (κ3) is 6.53. The minimum atomic E-state index is -0.0504. The minimum Gasteiger partial charge on any atom is -0.310 e. The van der Waals surface area contributed by atoms with Crippen molar-refractivity contribution >= 4 is 55.0 Å². The molecule has 0 aromatic heterocycles. The second-order valence-corrected chi connectivity index (χ2v) is 18.9. The summed E-state index contributed by atoms with van der Waals surface area (Å²) in [5.74, 6) is 0. The summed E-state index contributed by atoms with van der Waals surface area (Å²) < 4.78 is 0. The molecule has 0 radical (unpaired) electrons. The highest BCUT2D eigenvalue weighted by Crippen LogP contribution is 2.52. The van der Waals surface area contributed by atoms with Crippen molar-refractivity contribution in [2.75, 3.05) is 4.90 Å². The number of hydrogen-bond donors (Lipinski definition) is 0. The highest BCUT2D eigenvalue weighted by atomic mass is 15.1. The lowest BCUT2D eigenvalue weighted by molar-refractivity contribution is 0.660. The highest BCUT2D eigenvalue weighted by molar-refractivity contribution is 6.32. The predicted octanol–water partition coefficient (Wildman–Crippen LogP) is 18.3. The fraction of sp³-hybridized carbons (Fsp3) is 0.108. The SMILES string of the molecule is Cc1ccc(N(c2ccc(C)cc2)c2ccc3c(c2)c2ccccc2c2c(-c4ccccc4)cc(-c4ccc(-c5ccc6c(c5)C(C)(C)c5ccccc5-6)cc4)c(C4=CC=CCC4)c32)cc1. The number of allylic oxidation sites excluding steroid dienone is 4.